The van der Waals surface area contributed by atoms with E-state index in [1.165, 1.54) is 0 Å². The lowest BCUT2D eigenvalue weighted by Gasteiger charge is -2.14. The first-order valence-electron chi connectivity index (χ1n) is 5.61. The van der Waals surface area contributed by atoms with Crippen molar-refractivity contribution in [1.82, 2.24) is 0 Å². The molecule has 2 N–H and O–H groups in total. The highest BCUT2D eigenvalue weighted by Crippen LogP contribution is 2.51. The molecule has 86 valence electrons. The smallest absolute Gasteiger partial charge is 0.304 e. The van der Waals surface area contributed by atoms with Gasteiger partial charge in [-0.3, -0.25) is 4.79 Å². The Morgan fingerprint density at radius 2 is 2.06 bits per heavy atom. The van der Waals surface area contributed by atoms with Crippen molar-refractivity contribution in [1.29, 1.82) is 0 Å². The van der Waals surface area contributed by atoms with Gasteiger partial charge in [-0.15, -0.1) is 0 Å². The number of aryl methyl sites for hydroxylation is 1. The quantitative estimate of drug-likeness (QED) is 0.819. The number of phenolic OH excluding ortho intramolecular Hbond substituents is 1. The summed E-state index contributed by atoms with van der Waals surface area (Å²) >= 11 is 0. The molecule has 0 bridgehead atoms. The van der Waals surface area contributed by atoms with Crippen molar-refractivity contribution in [2.75, 3.05) is 0 Å². The molecule has 0 atom stereocenters. The van der Waals surface area contributed by atoms with Crippen molar-refractivity contribution in [3.05, 3.63) is 29.3 Å². The Morgan fingerprint density at radius 3 is 2.56 bits per heavy atom. The Labute approximate surface area is 94.7 Å². The van der Waals surface area contributed by atoms with E-state index in [4.69, 9.17) is 5.11 Å². The molecule has 0 aromatic heterocycles. The third-order valence-electron chi connectivity index (χ3n) is 3.34. The number of carboxylic acid groups (broad SMARTS) is 1. The van der Waals surface area contributed by atoms with Gasteiger partial charge in [-0.2, -0.15) is 0 Å². The largest absolute Gasteiger partial charge is 0.508 e. The molecular formula is C13H16O3. The summed E-state index contributed by atoms with van der Waals surface area (Å²) < 4.78 is 0. The molecule has 0 unspecified atom stereocenters. The van der Waals surface area contributed by atoms with E-state index in [2.05, 4.69) is 0 Å². The van der Waals surface area contributed by atoms with Gasteiger partial charge in [-0.1, -0.05) is 13.0 Å². The Balaban J connectivity index is 2.33. The molecule has 16 heavy (non-hydrogen) atoms. The van der Waals surface area contributed by atoms with Crippen LogP contribution in [-0.2, 0) is 16.6 Å². The first-order valence-corrected chi connectivity index (χ1v) is 5.61. The summed E-state index contributed by atoms with van der Waals surface area (Å²) in [5.41, 5.74) is 1.83. The molecular weight excluding hydrogens is 204 g/mol. The first-order chi connectivity index (χ1) is 7.55. The van der Waals surface area contributed by atoms with E-state index in [1.807, 2.05) is 13.0 Å². The van der Waals surface area contributed by atoms with Crippen LogP contribution in [0, 0.1) is 0 Å². The van der Waals surface area contributed by atoms with Crippen molar-refractivity contribution in [3.8, 4) is 5.75 Å². The highest BCUT2D eigenvalue weighted by atomic mass is 16.4. The zero-order valence-electron chi connectivity index (χ0n) is 9.36. The second-order valence-corrected chi connectivity index (χ2v) is 4.59. The maximum absolute atomic E-state index is 10.8. The monoisotopic (exact) mass is 220 g/mol. The predicted octanol–water partition coefficient (Wildman–Crippen LogP) is 2.46. The molecule has 1 saturated carbocycles. The van der Waals surface area contributed by atoms with Crippen molar-refractivity contribution in [3.63, 3.8) is 0 Å². The number of aliphatic carboxylic acids is 1. The maximum atomic E-state index is 10.8. The molecule has 2 rings (SSSR count). The van der Waals surface area contributed by atoms with E-state index in [0.717, 1.165) is 30.4 Å². The van der Waals surface area contributed by atoms with Crippen molar-refractivity contribution in [2.45, 2.75) is 38.0 Å². The van der Waals surface area contributed by atoms with Gasteiger partial charge in [0.05, 0.1) is 6.42 Å². The standard InChI is InChI=1S/C13H16O3/c1-2-9-5-10(7-11(14)6-9)13(3-4-13)8-12(15)16/h5-7,14H,2-4,8H2,1H3,(H,15,16). The minimum Gasteiger partial charge on any atom is -0.508 e. The van der Waals surface area contributed by atoms with Crippen LogP contribution in [0.2, 0.25) is 0 Å². The van der Waals surface area contributed by atoms with Gasteiger partial charge in [0.25, 0.3) is 0 Å². The third-order valence-corrected chi connectivity index (χ3v) is 3.34. The third kappa shape index (κ3) is 2.03. The van der Waals surface area contributed by atoms with Crippen molar-refractivity contribution < 1.29 is 15.0 Å². The predicted molar refractivity (Wildman–Crippen MR) is 60.6 cm³/mol. The molecule has 0 aliphatic heterocycles. The fourth-order valence-corrected chi connectivity index (χ4v) is 2.19. The van der Waals surface area contributed by atoms with E-state index in [9.17, 15) is 9.90 Å². The highest BCUT2D eigenvalue weighted by molar-refractivity contribution is 5.70. The van der Waals surface area contributed by atoms with Gasteiger partial charge in [0.2, 0.25) is 0 Å². The van der Waals surface area contributed by atoms with Crippen LogP contribution >= 0.6 is 0 Å². The van der Waals surface area contributed by atoms with Gasteiger partial charge in [0.1, 0.15) is 5.75 Å². The Bertz CT molecular complexity index is 419. The topological polar surface area (TPSA) is 57.5 Å². The SMILES string of the molecule is CCc1cc(O)cc(C2(CC(=O)O)CC2)c1. The van der Waals surface area contributed by atoms with Gasteiger partial charge in [-0.25, -0.2) is 0 Å². The second-order valence-electron chi connectivity index (χ2n) is 4.59. The number of rotatable bonds is 4. The van der Waals surface area contributed by atoms with Crippen LogP contribution in [0.25, 0.3) is 0 Å². The molecule has 0 saturated heterocycles. The number of hydrogen-bond donors (Lipinski definition) is 2. The lowest BCUT2D eigenvalue weighted by atomic mass is 9.90. The number of carbonyl (C=O) groups is 1. The zero-order valence-corrected chi connectivity index (χ0v) is 9.36. The fourth-order valence-electron chi connectivity index (χ4n) is 2.19. The van der Waals surface area contributed by atoms with Crippen LogP contribution in [0.4, 0.5) is 0 Å². The Morgan fingerprint density at radius 1 is 1.38 bits per heavy atom. The lowest BCUT2D eigenvalue weighted by molar-refractivity contribution is -0.137. The van der Waals surface area contributed by atoms with Crippen LogP contribution in [0.15, 0.2) is 18.2 Å². The molecule has 1 aromatic rings. The Hall–Kier alpha value is -1.51. The molecule has 1 aromatic carbocycles. The minimum absolute atomic E-state index is 0.166. The van der Waals surface area contributed by atoms with Gasteiger partial charge in [0.15, 0.2) is 0 Å². The average Bonchev–Trinajstić information content (AvgIpc) is 2.97. The molecule has 0 amide bonds. The normalized spacial score (nSPS) is 17.1. The Kier molecular flexibility index (Phi) is 2.62. The van der Waals surface area contributed by atoms with Crippen LogP contribution < -0.4 is 0 Å². The number of hydrogen-bond acceptors (Lipinski definition) is 2. The molecule has 0 heterocycles. The molecule has 0 radical (unpaired) electrons. The molecule has 1 aliphatic rings. The van der Waals surface area contributed by atoms with Crippen LogP contribution in [-0.4, -0.2) is 16.2 Å². The van der Waals surface area contributed by atoms with E-state index < -0.39 is 5.97 Å². The molecule has 1 fully saturated rings. The molecule has 3 nitrogen and oxygen atoms in total. The molecule has 3 heteroatoms. The number of carboxylic acids is 1. The van der Waals surface area contributed by atoms with Gasteiger partial charge in [0, 0.05) is 5.41 Å². The van der Waals surface area contributed by atoms with Crippen LogP contribution in [0.1, 0.15) is 37.3 Å². The summed E-state index contributed by atoms with van der Waals surface area (Å²) in [5, 5.41) is 18.5. The lowest BCUT2D eigenvalue weighted by Crippen LogP contribution is -2.13. The van der Waals surface area contributed by atoms with E-state index in [0.29, 0.717) is 0 Å². The van der Waals surface area contributed by atoms with Crippen molar-refractivity contribution >= 4 is 5.97 Å². The highest BCUT2D eigenvalue weighted by Gasteiger charge is 2.46. The first kappa shape index (κ1) is 11.0. The summed E-state index contributed by atoms with van der Waals surface area (Å²) in [6.45, 7) is 2.02. The van der Waals surface area contributed by atoms with Crippen LogP contribution in [0.5, 0.6) is 5.75 Å². The van der Waals surface area contributed by atoms with Crippen LogP contribution in [0.3, 0.4) is 0 Å². The summed E-state index contributed by atoms with van der Waals surface area (Å²) in [6, 6.07) is 5.46. The molecule has 1 aliphatic carbocycles. The summed E-state index contributed by atoms with van der Waals surface area (Å²) in [7, 11) is 0. The average molecular weight is 220 g/mol. The van der Waals surface area contributed by atoms with E-state index in [1.54, 1.807) is 12.1 Å². The van der Waals surface area contributed by atoms with Gasteiger partial charge >= 0.3 is 5.97 Å². The minimum atomic E-state index is -0.765. The summed E-state index contributed by atoms with van der Waals surface area (Å²) in [4.78, 5) is 10.8. The summed E-state index contributed by atoms with van der Waals surface area (Å²) in [6.07, 6.45) is 2.84. The number of phenols is 1. The van der Waals surface area contributed by atoms with E-state index in [-0.39, 0.29) is 17.6 Å². The number of aromatic hydroxyl groups is 1. The zero-order chi connectivity index (χ0) is 11.8. The maximum Gasteiger partial charge on any atom is 0.304 e. The number of benzene rings is 1. The van der Waals surface area contributed by atoms with Gasteiger partial charge in [-0.05, 0) is 42.5 Å². The molecule has 0 spiro atoms. The van der Waals surface area contributed by atoms with Gasteiger partial charge < -0.3 is 10.2 Å². The fraction of sp³-hybridized carbons (Fsp3) is 0.462. The van der Waals surface area contributed by atoms with Crippen molar-refractivity contribution in [2.24, 2.45) is 0 Å². The van der Waals surface area contributed by atoms with E-state index >= 15 is 0 Å². The summed E-state index contributed by atoms with van der Waals surface area (Å²) in [5.74, 6) is -0.523. The second kappa shape index (κ2) is 3.81.